The van der Waals surface area contributed by atoms with Crippen LogP contribution >= 0.6 is 0 Å². The van der Waals surface area contributed by atoms with Gasteiger partial charge in [-0.1, -0.05) is 20.3 Å². The Hall–Kier alpha value is -0.570. The lowest BCUT2D eigenvalue weighted by Gasteiger charge is -2.17. The van der Waals surface area contributed by atoms with E-state index in [1.54, 1.807) is 0 Å². The van der Waals surface area contributed by atoms with Gasteiger partial charge in [-0.05, 0) is 25.3 Å². The Balaban J connectivity index is 2.40. The molecule has 1 aliphatic heterocycles. The summed E-state index contributed by atoms with van der Waals surface area (Å²) >= 11 is 0. The van der Waals surface area contributed by atoms with E-state index in [9.17, 15) is 4.79 Å². The highest BCUT2D eigenvalue weighted by atomic mass is 16.2. The van der Waals surface area contributed by atoms with Crippen molar-refractivity contribution in [1.82, 2.24) is 10.6 Å². The van der Waals surface area contributed by atoms with E-state index in [-0.39, 0.29) is 11.9 Å². The van der Waals surface area contributed by atoms with Gasteiger partial charge in [0, 0.05) is 6.54 Å². The van der Waals surface area contributed by atoms with Crippen LogP contribution in [0, 0.1) is 5.92 Å². The Morgan fingerprint density at radius 1 is 1.54 bits per heavy atom. The smallest absolute Gasteiger partial charge is 0.237 e. The van der Waals surface area contributed by atoms with E-state index >= 15 is 0 Å². The lowest BCUT2D eigenvalue weighted by atomic mass is 9.99. The number of rotatable bonds is 3. The highest BCUT2D eigenvalue weighted by molar-refractivity contribution is 5.81. The van der Waals surface area contributed by atoms with Crippen molar-refractivity contribution in [3.05, 3.63) is 0 Å². The predicted molar refractivity (Wildman–Crippen MR) is 53.5 cm³/mol. The minimum atomic E-state index is 0.0393. The molecule has 0 spiro atoms. The molecule has 1 saturated heterocycles. The van der Waals surface area contributed by atoms with Gasteiger partial charge in [0.05, 0.1) is 6.04 Å². The minimum Gasteiger partial charge on any atom is -0.355 e. The second kappa shape index (κ2) is 5.22. The van der Waals surface area contributed by atoms with Gasteiger partial charge in [0.15, 0.2) is 0 Å². The van der Waals surface area contributed by atoms with Gasteiger partial charge in [-0.25, -0.2) is 0 Å². The van der Waals surface area contributed by atoms with Gasteiger partial charge in [0.25, 0.3) is 0 Å². The molecule has 1 amide bonds. The highest BCUT2D eigenvalue weighted by Crippen LogP contribution is 2.10. The lowest BCUT2D eigenvalue weighted by molar-refractivity contribution is -0.123. The molecule has 13 heavy (non-hydrogen) atoms. The molecule has 0 bridgehead atoms. The second-order valence-corrected chi connectivity index (χ2v) is 3.90. The summed E-state index contributed by atoms with van der Waals surface area (Å²) in [5.41, 5.74) is 0. The maximum absolute atomic E-state index is 11.5. The first-order valence-electron chi connectivity index (χ1n) is 5.25. The van der Waals surface area contributed by atoms with Gasteiger partial charge >= 0.3 is 0 Å². The molecule has 76 valence electrons. The van der Waals surface area contributed by atoms with E-state index in [0.717, 1.165) is 32.4 Å². The minimum absolute atomic E-state index is 0.0393. The third-order valence-electron chi connectivity index (χ3n) is 2.70. The Bertz CT molecular complexity index is 170. The zero-order chi connectivity index (χ0) is 9.68. The SMILES string of the molecule is CCC(C)CC1NCCCNC1=O. The number of carbonyl (C=O) groups excluding carboxylic acids is 1. The van der Waals surface area contributed by atoms with Crippen molar-refractivity contribution < 1.29 is 4.79 Å². The molecule has 0 aliphatic carbocycles. The summed E-state index contributed by atoms with van der Waals surface area (Å²) in [6.45, 7) is 6.14. The first-order valence-corrected chi connectivity index (χ1v) is 5.25. The summed E-state index contributed by atoms with van der Waals surface area (Å²) in [5, 5.41) is 6.21. The monoisotopic (exact) mass is 184 g/mol. The zero-order valence-electron chi connectivity index (χ0n) is 8.60. The molecule has 0 saturated carbocycles. The average molecular weight is 184 g/mol. The quantitative estimate of drug-likeness (QED) is 0.684. The molecule has 1 aliphatic rings. The number of nitrogens with one attached hydrogen (secondary N) is 2. The highest BCUT2D eigenvalue weighted by Gasteiger charge is 2.21. The Morgan fingerprint density at radius 2 is 2.31 bits per heavy atom. The third kappa shape index (κ3) is 3.35. The van der Waals surface area contributed by atoms with Gasteiger partial charge < -0.3 is 10.6 Å². The van der Waals surface area contributed by atoms with Gasteiger partial charge in [0.2, 0.25) is 5.91 Å². The Labute approximate surface area is 80.3 Å². The first-order chi connectivity index (χ1) is 6.24. The van der Waals surface area contributed by atoms with Crippen molar-refractivity contribution >= 4 is 5.91 Å². The normalized spacial score (nSPS) is 26.3. The molecule has 1 rings (SSSR count). The summed E-state index contributed by atoms with van der Waals surface area (Å²) in [4.78, 5) is 11.5. The van der Waals surface area contributed by atoms with Gasteiger partial charge in [-0.3, -0.25) is 4.79 Å². The summed E-state index contributed by atoms with van der Waals surface area (Å²) in [6.07, 6.45) is 3.15. The summed E-state index contributed by atoms with van der Waals surface area (Å²) in [6, 6.07) is 0.0393. The summed E-state index contributed by atoms with van der Waals surface area (Å²) < 4.78 is 0. The molecule has 0 aromatic rings. The molecule has 0 aromatic carbocycles. The van der Waals surface area contributed by atoms with Crippen LogP contribution in [0.1, 0.15) is 33.1 Å². The third-order valence-corrected chi connectivity index (χ3v) is 2.70. The fourth-order valence-electron chi connectivity index (χ4n) is 1.55. The molecule has 0 radical (unpaired) electrons. The largest absolute Gasteiger partial charge is 0.355 e. The molecule has 2 atom stereocenters. The van der Waals surface area contributed by atoms with Crippen LogP contribution in [-0.4, -0.2) is 25.0 Å². The van der Waals surface area contributed by atoms with E-state index in [1.165, 1.54) is 0 Å². The predicted octanol–water partition coefficient (Wildman–Crippen LogP) is 0.901. The molecule has 1 heterocycles. The van der Waals surface area contributed by atoms with Crippen molar-refractivity contribution in [3.63, 3.8) is 0 Å². The molecule has 3 nitrogen and oxygen atoms in total. The van der Waals surface area contributed by atoms with Crippen LogP contribution in [0.2, 0.25) is 0 Å². The van der Waals surface area contributed by atoms with Gasteiger partial charge in [0.1, 0.15) is 0 Å². The van der Waals surface area contributed by atoms with Gasteiger partial charge in [-0.15, -0.1) is 0 Å². The Morgan fingerprint density at radius 3 is 3.00 bits per heavy atom. The van der Waals surface area contributed by atoms with E-state index in [1.807, 2.05) is 0 Å². The number of hydrogen-bond donors (Lipinski definition) is 2. The van der Waals surface area contributed by atoms with E-state index in [0.29, 0.717) is 5.92 Å². The summed E-state index contributed by atoms with van der Waals surface area (Å²) in [7, 11) is 0. The van der Waals surface area contributed by atoms with Crippen LogP contribution in [0.5, 0.6) is 0 Å². The van der Waals surface area contributed by atoms with Crippen molar-refractivity contribution in [2.75, 3.05) is 13.1 Å². The first kappa shape index (κ1) is 10.5. The standard InChI is InChI=1S/C10H20N2O/c1-3-8(2)7-9-10(13)12-6-4-5-11-9/h8-9,11H,3-7H2,1-2H3,(H,12,13). The van der Waals surface area contributed by atoms with E-state index < -0.39 is 0 Å². The number of hydrogen-bond acceptors (Lipinski definition) is 2. The van der Waals surface area contributed by atoms with Crippen molar-refractivity contribution in [2.24, 2.45) is 5.92 Å². The topological polar surface area (TPSA) is 41.1 Å². The summed E-state index contributed by atoms with van der Waals surface area (Å²) in [5.74, 6) is 0.805. The number of amides is 1. The Kier molecular flexibility index (Phi) is 4.22. The van der Waals surface area contributed by atoms with Gasteiger partial charge in [-0.2, -0.15) is 0 Å². The van der Waals surface area contributed by atoms with Crippen LogP contribution in [0.15, 0.2) is 0 Å². The number of carbonyl (C=O) groups is 1. The maximum atomic E-state index is 11.5. The molecule has 3 heteroatoms. The lowest BCUT2D eigenvalue weighted by Crippen LogP contribution is -2.42. The van der Waals surface area contributed by atoms with Crippen LogP contribution < -0.4 is 10.6 Å². The van der Waals surface area contributed by atoms with Crippen molar-refractivity contribution in [1.29, 1.82) is 0 Å². The molecule has 0 aromatic heterocycles. The fourth-order valence-corrected chi connectivity index (χ4v) is 1.55. The second-order valence-electron chi connectivity index (χ2n) is 3.90. The maximum Gasteiger partial charge on any atom is 0.237 e. The van der Waals surface area contributed by atoms with Crippen LogP contribution in [0.3, 0.4) is 0 Å². The molecule has 1 fully saturated rings. The van der Waals surface area contributed by atoms with Crippen molar-refractivity contribution in [3.8, 4) is 0 Å². The van der Waals surface area contributed by atoms with Crippen LogP contribution in [0.25, 0.3) is 0 Å². The van der Waals surface area contributed by atoms with E-state index in [2.05, 4.69) is 24.5 Å². The van der Waals surface area contributed by atoms with Crippen LogP contribution in [-0.2, 0) is 4.79 Å². The molecule has 2 unspecified atom stereocenters. The van der Waals surface area contributed by atoms with E-state index in [4.69, 9.17) is 0 Å². The van der Waals surface area contributed by atoms with Crippen molar-refractivity contribution in [2.45, 2.75) is 39.2 Å². The average Bonchev–Trinajstić information content (AvgIpc) is 2.32. The zero-order valence-corrected chi connectivity index (χ0v) is 8.60. The molecular weight excluding hydrogens is 164 g/mol. The fraction of sp³-hybridized carbons (Fsp3) is 0.900. The molecular formula is C10H20N2O. The molecule has 2 N–H and O–H groups in total. The van der Waals surface area contributed by atoms with Crippen LogP contribution in [0.4, 0.5) is 0 Å².